The molecular formula is C7H8ClNO3S. The Bertz CT molecular complexity index is 373. The van der Waals surface area contributed by atoms with Crippen LogP contribution in [0, 0.1) is 5.92 Å². The molecule has 0 aromatic rings. The Balaban J connectivity index is 2.29. The maximum absolute atomic E-state index is 10.6. The molecule has 1 aliphatic carbocycles. The van der Waals surface area contributed by atoms with Crippen molar-refractivity contribution in [2.45, 2.75) is 18.9 Å². The number of fused-ring (bicyclic) bond motifs is 2. The van der Waals surface area contributed by atoms with Crippen LogP contribution in [0.5, 0.6) is 0 Å². The van der Waals surface area contributed by atoms with E-state index in [2.05, 4.69) is 4.40 Å². The van der Waals surface area contributed by atoms with Gasteiger partial charge in [0.1, 0.15) is 6.10 Å². The number of ether oxygens (including phenoxy) is 1. The number of halogens is 1. The Kier molecular flexibility index (Phi) is 2.08. The lowest BCUT2D eigenvalue weighted by molar-refractivity contribution is 0.165. The molecule has 2 atom stereocenters. The molecule has 2 heterocycles. The smallest absolute Gasteiger partial charge is 0.342 e. The molecule has 0 aromatic carbocycles. The van der Waals surface area contributed by atoms with Gasteiger partial charge in [0.15, 0.2) is 0 Å². The minimum Gasteiger partial charge on any atom is -0.472 e. The quantitative estimate of drug-likeness (QED) is 0.494. The van der Waals surface area contributed by atoms with E-state index >= 15 is 0 Å². The van der Waals surface area contributed by atoms with E-state index in [1.165, 1.54) is 0 Å². The first-order valence-electron chi connectivity index (χ1n) is 3.94. The fourth-order valence-electron chi connectivity index (χ4n) is 1.54. The summed E-state index contributed by atoms with van der Waals surface area (Å²) in [7, 11) is 1.14. The van der Waals surface area contributed by atoms with Gasteiger partial charge in [-0.1, -0.05) is 6.08 Å². The third kappa shape index (κ3) is 2.03. The summed E-state index contributed by atoms with van der Waals surface area (Å²) in [4.78, 5) is 0. The Hall–Kier alpha value is -0.550. The Morgan fingerprint density at radius 1 is 1.46 bits per heavy atom. The molecule has 72 valence electrons. The fraction of sp³-hybridized carbons (Fsp3) is 0.571. The second-order valence-electron chi connectivity index (χ2n) is 3.07. The summed E-state index contributed by atoms with van der Waals surface area (Å²) >= 11 is 0. The molecular weight excluding hydrogens is 214 g/mol. The summed E-state index contributed by atoms with van der Waals surface area (Å²) < 4.78 is 29.9. The van der Waals surface area contributed by atoms with Gasteiger partial charge in [-0.2, -0.15) is 8.42 Å². The Morgan fingerprint density at radius 2 is 2.23 bits per heavy atom. The summed E-state index contributed by atoms with van der Waals surface area (Å²) in [6, 6.07) is 0. The third-order valence-corrected chi connectivity index (χ3v) is 2.71. The molecule has 6 heteroatoms. The predicted molar refractivity (Wildman–Crippen MR) is 48.9 cm³/mol. The van der Waals surface area contributed by atoms with Gasteiger partial charge in [-0.3, -0.25) is 0 Å². The maximum atomic E-state index is 10.6. The highest BCUT2D eigenvalue weighted by atomic mass is 35.7. The minimum atomic E-state index is -3.84. The van der Waals surface area contributed by atoms with Gasteiger partial charge in [-0.15, -0.1) is 4.40 Å². The molecule has 0 amide bonds. The van der Waals surface area contributed by atoms with Gasteiger partial charge in [-0.05, 0) is 18.9 Å². The number of hydrogen-bond acceptors (Lipinski definition) is 3. The SMILES string of the molecule is O=S(=O)(Cl)/N=C1\OC2C=CC1CC2. The summed E-state index contributed by atoms with van der Waals surface area (Å²) in [6.45, 7) is 0. The lowest BCUT2D eigenvalue weighted by atomic mass is 9.91. The van der Waals surface area contributed by atoms with Crippen molar-refractivity contribution in [1.29, 1.82) is 0 Å². The third-order valence-electron chi connectivity index (χ3n) is 2.11. The van der Waals surface area contributed by atoms with Crippen molar-refractivity contribution in [3.63, 3.8) is 0 Å². The molecule has 3 aliphatic rings. The molecule has 0 saturated carbocycles. The van der Waals surface area contributed by atoms with Gasteiger partial charge in [0.05, 0.1) is 5.92 Å². The monoisotopic (exact) mass is 221 g/mol. The van der Waals surface area contributed by atoms with E-state index in [9.17, 15) is 8.42 Å². The molecule has 0 N–H and O–H groups in total. The van der Waals surface area contributed by atoms with Crippen molar-refractivity contribution in [3.8, 4) is 0 Å². The average molecular weight is 222 g/mol. The standard InChI is InChI=1S/C7H8ClNO3S/c8-13(10,11)9-7-5-1-3-6(12-7)4-2-5/h1,3,5-6H,2,4H2/b9-7-. The zero-order valence-corrected chi connectivity index (χ0v) is 8.25. The zero-order valence-electron chi connectivity index (χ0n) is 6.68. The topological polar surface area (TPSA) is 55.7 Å². The molecule has 1 fully saturated rings. The van der Waals surface area contributed by atoms with Gasteiger partial charge in [0.2, 0.25) is 5.90 Å². The summed E-state index contributed by atoms with van der Waals surface area (Å²) in [5.41, 5.74) is 0. The molecule has 4 nitrogen and oxygen atoms in total. The fourth-order valence-corrected chi connectivity index (χ4v) is 2.13. The van der Waals surface area contributed by atoms with E-state index in [0.29, 0.717) is 0 Å². The van der Waals surface area contributed by atoms with E-state index in [-0.39, 0.29) is 17.9 Å². The average Bonchev–Trinajstić information content (AvgIpc) is 2.03. The summed E-state index contributed by atoms with van der Waals surface area (Å²) in [6.07, 6.45) is 5.61. The number of hydrogen-bond donors (Lipinski definition) is 0. The van der Waals surface area contributed by atoms with Crippen molar-refractivity contribution in [1.82, 2.24) is 0 Å². The predicted octanol–water partition coefficient (Wildman–Crippen LogP) is 1.23. The van der Waals surface area contributed by atoms with E-state index in [4.69, 9.17) is 15.4 Å². The first-order chi connectivity index (χ1) is 6.04. The van der Waals surface area contributed by atoms with Gasteiger partial charge < -0.3 is 4.74 Å². The molecule has 3 rings (SSSR count). The minimum absolute atomic E-state index is 0.0153. The second-order valence-corrected chi connectivity index (χ2v) is 5.24. The van der Waals surface area contributed by atoms with E-state index < -0.39 is 9.24 Å². The Morgan fingerprint density at radius 3 is 2.62 bits per heavy atom. The van der Waals surface area contributed by atoms with E-state index in [1.54, 1.807) is 0 Å². The van der Waals surface area contributed by atoms with Crippen molar-refractivity contribution in [2.75, 3.05) is 0 Å². The van der Waals surface area contributed by atoms with Crippen LogP contribution < -0.4 is 0 Å². The van der Waals surface area contributed by atoms with Gasteiger partial charge in [0.25, 0.3) is 0 Å². The molecule has 0 aromatic heterocycles. The summed E-state index contributed by atoms with van der Waals surface area (Å²) in [5.74, 6) is 0.215. The highest BCUT2D eigenvalue weighted by Gasteiger charge is 2.31. The molecule has 2 bridgehead atoms. The Labute approximate surface area is 80.8 Å². The van der Waals surface area contributed by atoms with Crippen LogP contribution >= 0.6 is 10.7 Å². The van der Waals surface area contributed by atoms with Crippen molar-refractivity contribution < 1.29 is 13.2 Å². The molecule has 0 spiro atoms. The van der Waals surface area contributed by atoms with Crippen LogP contribution in [0.2, 0.25) is 0 Å². The van der Waals surface area contributed by atoms with Gasteiger partial charge in [0, 0.05) is 10.7 Å². The number of nitrogens with zero attached hydrogens (tertiary/aromatic N) is 1. The summed E-state index contributed by atoms with van der Waals surface area (Å²) in [5, 5.41) is 0. The molecule has 0 radical (unpaired) electrons. The van der Waals surface area contributed by atoms with Crippen LogP contribution in [0.15, 0.2) is 16.5 Å². The maximum Gasteiger partial charge on any atom is 0.342 e. The molecule has 2 unspecified atom stereocenters. The van der Waals surface area contributed by atoms with Crippen molar-refractivity contribution in [2.24, 2.45) is 10.3 Å². The van der Waals surface area contributed by atoms with E-state index in [1.807, 2.05) is 12.2 Å². The molecule has 1 saturated heterocycles. The second kappa shape index (κ2) is 2.99. The van der Waals surface area contributed by atoms with Crippen molar-refractivity contribution >= 4 is 25.8 Å². The highest BCUT2D eigenvalue weighted by Crippen LogP contribution is 2.29. The van der Waals surface area contributed by atoms with Crippen LogP contribution in [0.25, 0.3) is 0 Å². The lowest BCUT2D eigenvalue weighted by Gasteiger charge is -2.31. The van der Waals surface area contributed by atoms with Gasteiger partial charge in [-0.25, -0.2) is 0 Å². The van der Waals surface area contributed by atoms with Crippen LogP contribution in [0.4, 0.5) is 0 Å². The largest absolute Gasteiger partial charge is 0.472 e. The number of rotatable bonds is 1. The van der Waals surface area contributed by atoms with Crippen LogP contribution in [0.3, 0.4) is 0 Å². The van der Waals surface area contributed by atoms with Crippen LogP contribution in [0.1, 0.15) is 12.8 Å². The van der Waals surface area contributed by atoms with Crippen LogP contribution in [-0.4, -0.2) is 20.4 Å². The first kappa shape index (κ1) is 9.02. The normalized spacial score (nSPS) is 35.0. The first-order valence-corrected chi connectivity index (χ1v) is 6.21. The zero-order chi connectivity index (χ0) is 9.47. The van der Waals surface area contributed by atoms with E-state index in [0.717, 1.165) is 12.8 Å². The van der Waals surface area contributed by atoms with Crippen molar-refractivity contribution in [3.05, 3.63) is 12.2 Å². The highest BCUT2D eigenvalue weighted by molar-refractivity contribution is 8.12. The van der Waals surface area contributed by atoms with Gasteiger partial charge >= 0.3 is 9.24 Å². The molecule has 13 heavy (non-hydrogen) atoms. The lowest BCUT2D eigenvalue weighted by Crippen LogP contribution is -2.33. The molecule has 2 aliphatic heterocycles. The van der Waals surface area contributed by atoms with Crippen LogP contribution in [-0.2, 0) is 14.0 Å².